The Kier molecular flexibility index (Phi) is 6.39. The average Bonchev–Trinajstić information content (AvgIpc) is 3.51. The Labute approximate surface area is 226 Å². The zero-order chi connectivity index (χ0) is 27.9. The summed E-state index contributed by atoms with van der Waals surface area (Å²) < 4.78 is 42.7. The van der Waals surface area contributed by atoms with Gasteiger partial charge in [-0.25, -0.2) is 14.8 Å². The van der Waals surface area contributed by atoms with E-state index in [0.29, 0.717) is 50.5 Å². The minimum absolute atomic E-state index is 0.149. The predicted octanol–water partition coefficient (Wildman–Crippen LogP) is 3.72. The Morgan fingerprint density at radius 3 is 2.80 bits per heavy atom. The number of nitriles is 1. The van der Waals surface area contributed by atoms with E-state index < -0.39 is 5.92 Å². The fourth-order valence-electron chi connectivity index (χ4n) is 4.71. The summed E-state index contributed by atoms with van der Waals surface area (Å²) in [5.41, 5.74) is 0.659. The van der Waals surface area contributed by atoms with Gasteiger partial charge in [0.05, 0.1) is 19.4 Å². The Morgan fingerprint density at radius 2 is 2.02 bits per heavy atom. The molecule has 0 radical (unpaired) electrons. The topological polar surface area (TPSA) is 148 Å². The summed E-state index contributed by atoms with van der Waals surface area (Å²) in [6.45, 7) is 2.32. The number of pyridine rings is 2. The molecule has 0 bridgehead atoms. The summed E-state index contributed by atoms with van der Waals surface area (Å²) >= 11 is 0. The molecule has 2 N–H and O–H groups in total. The summed E-state index contributed by atoms with van der Waals surface area (Å²) in [5, 5.41) is 19.9. The highest BCUT2D eigenvalue weighted by Crippen LogP contribution is 2.38. The smallest absolute Gasteiger partial charge is 0.323 e. The minimum atomic E-state index is -2.95. The van der Waals surface area contributed by atoms with Crippen molar-refractivity contribution in [3.63, 3.8) is 0 Å². The van der Waals surface area contributed by atoms with Crippen molar-refractivity contribution in [2.45, 2.75) is 25.3 Å². The van der Waals surface area contributed by atoms with Crippen LogP contribution < -0.4 is 15.4 Å². The van der Waals surface area contributed by atoms with E-state index in [9.17, 15) is 18.8 Å². The van der Waals surface area contributed by atoms with Gasteiger partial charge in [0, 0.05) is 51.4 Å². The lowest BCUT2D eigenvalue weighted by molar-refractivity contribution is -0.0364. The van der Waals surface area contributed by atoms with Crippen LogP contribution in [0.15, 0.2) is 30.6 Å². The third-order valence-electron chi connectivity index (χ3n) is 6.72. The van der Waals surface area contributed by atoms with Crippen molar-refractivity contribution in [2.24, 2.45) is 7.05 Å². The van der Waals surface area contributed by atoms with Crippen molar-refractivity contribution in [3.8, 4) is 17.6 Å². The van der Waals surface area contributed by atoms with E-state index in [1.807, 2.05) is 0 Å². The van der Waals surface area contributed by atoms with Crippen LogP contribution in [0.4, 0.5) is 31.2 Å². The number of halogens is 2. The first-order valence-corrected chi connectivity index (χ1v) is 12.6. The van der Waals surface area contributed by atoms with Crippen LogP contribution in [-0.4, -0.2) is 66.5 Å². The second-order valence-corrected chi connectivity index (χ2v) is 9.36. The molecule has 0 aliphatic carbocycles. The van der Waals surface area contributed by atoms with Gasteiger partial charge in [0.2, 0.25) is 5.95 Å². The highest BCUT2D eigenvalue weighted by atomic mass is 19.3. The number of imidazole rings is 1. The predicted molar refractivity (Wildman–Crippen MR) is 138 cm³/mol. The average molecular weight is 551 g/mol. The molecule has 40 heavy (non-hydrogen) atoms. The molecule has 2 amide bonds. The van der Waals surface area contributed by atoms with Crippen LogP contribution in [-0.2, 0) is 24.3 Å². The van der Waals surface area contributed by atoms with E-state index >= 15 is 0 Å². The monoisotopic (exact) mass is 550 g/mol. The number of rotatable bonds is 5. The number of alkyl halides is 2. The molecule has 2 aliphatic rings. The maximum absolute atomic E-state index is 14.3. The molecule has 0 saturated carbocycles. The summed E-state index contributed by atoms with van der Waals surface area (Å²) in [5.74, 6) is -1.69. The molecule has 6 rings (SSSR count). The number of fused-ring (bicyclic) bond motifs is 2. The van der Waals surface area contributed by atoms with Gasteiger partial charge in [-0.3, -0.25) is 10.00 Å². The van der Waals surface area contributed by atoms with Crippen molar-refractivity contribution >= 4 is 34.8 Å². The maximum Gasteiger partial charge on any atom is 0.323 e. The Balaban J connectivity index is 1.24. The minimum Gasteiger partial charge on any atom is -0.454 e. The molecule has 6 heterocycles. The molecule has 1 saturated heterocycles. The lowest BCUT2D eigenvalue weighted by Gasteiger charge is -2.26. The summed E-state index contributed by atoms with van der Waals surface area (Å²) in [6.07, 6.45) is 2.97. The zero-order valence-electron chi connectivity index (χ0n) is 21.4. The van der Waals surface area contributed by atoms with E-state index in [-0.39, 0.29) is 52.7 Å². The van der Waals surface area contributed by atoms with E-state index in [0.717, 1.165) is 0 Å². The van der Waals surface area contributed by atoms with Crippen molar-refractivity contribution in [1.29, 1.82) is 5.26 Å². The molecular weight excluding hydrogens is 526 g/mol. The summed E-state index contributed by atoms with van der Waals surface area (Å²) in [7, 11) is 1.67. The van der Waals surface area contributed by atoms with Gasteiger partial charge >= 0.3 is 6.03 Å². The number of carbonyl (C=O) groups excluding carboxylic acids is 1. The molecular formula is C25H24F2N10O3. The van der Waals surface area contributed by atoms with E-state index in [4.69, 9.17) is 9.47 Å². The number of hydrogen-bond donors (Lipinski definition) is 2. The highest BCUT2D eigenvalue weighted by Gasteiger charge is 2.38. The quantitative estimate of drug-likeness (QED) is 0.379. The first kappa shape index (κ1) is 25.4. The Morgan fingerprint density at radius 1 is 1.20 bits per heavy atom. The van der Waals surface area contributed by atoms with Crippen LogP contribution in [0.2, 0.25) is 0 Å². The van der Waals surface area contributed by atoms with Gasteiger partial charge < -0.3 is 24.3 Å². The molecule has 1 fully saturated rings. The molecule has 2 aliphatic heterocycles. The van der Waals surface area contributed by atoms with Crippen LogP contribution in [0.3, 0.4) is 0 Å². The van der Waals surface area contributed by atoms with Crippen molar-refractivity contribution < 1.29 is 23.0 Å². The summed E-state index contributed by atoms with van der Waals surface area (Å²) in [6, 6.07) is 6.27. The molecule has 13 nitrogen and oxygen atoms in total. The molecule has 4 aromatic heterocycles. The molecule has 4 aromatic rings. The molecule has 0 unspecified atom stereocenters. The second-order valence-electron chi connectivity index (χ2n) is 9.36. The normalized spacial score (nSPS) is 16.3. The SMILES string of the molecule is Cn1c(Nc2cc3n(n2)CCCC3(F)F)nc2ncc(Oc3ccnc(NC(=O)N4CCOCC4)c3)c(C#N)c21. The van der Waals surface area contributed by atoms with Gasteiger partial charge in [-0.05, 0) is 12.5 Å². The van der Waals surface area contributed by atoms with Crippen LogP contribution in [0.1, 0.15) is 24.1 Å². The van der Waals surface area contributed by atoms with E-state index in [1.54, 1.807) is 22.6 Å². The standard InChI is InChI=1S/C25H24F2N10O3/c1-35-21-16(13-28)17(40-15-3-5-29-19(11-15)32-24(38)36-7-9-39-10-8-36)14-30-22(21)33-23(35)31-20-12-18-25(26,27)4-2-6-37(18)34-20/h3,5,11-12,14H,2,4,6-10H2,1H3,(H,29,32,38)(H,30,31,33,34). The van der Waals surface area contributed by atoms with Crippen molar-refractivity contribution in [1.82, 2.24) is 34.2 Å². The van der Waals surface area contributed by atoms with Gasteiger partial charge in [-0.1, -0.05) is 0 Å². The third kappa shape index (κ3) is 4.73. The number of hydrogen-bond acceptors (Lipinski definition) is 9. The lowest BCUT2D eigenvalue weighted by Crippen LogP contribution is -2.43. The summed E-state index contributed by atoms with van der Waals surface area (Å²) in [4.78, 5) is 27.1. The number of ether oxygens (including phenoxy) is 2. The number of aromatic nitrogens is 6. The number of urea groups is 1. The van der Waals surface area contributed by atoms with Crippen LogP contribution in [0, 0.1) is 11.3 Å². The van der Waals surface area contributed by atoms with E-state index in [1.165, 1.54) is 29.2 Å². The number of nitrogens with one attached hydrogen (secondary N) is 2. The van der Waals surface area contributed by atoms with Gasteiger partial charge in [0.15, 0.2) is 17.2 Å². The van der Waals surface area contributed by atoms with Crippen LogP contribution in [0.25, 0.3) is 11.2 Å². The fourth-order valence-corrected chi connectivity index (χ4v) is 4.71. The molecule has 0 aromatic carbocycles. The molecule has 206 valence electrons. The lowest BCUT2D eigenvalue weighted by atomic mass is 10.1. The van der Waals surface area contributed by atoms with Gasteiger partial charge in [0.25, 0.3) is 5.92 Å². The first-order valence-electron chi connectivity index (χ1n) is 12.6. The number of amides is 2. The van der Waals surface area contributed by atoms with Crippen LogP contribution in [0.5, 0.6) is 11.5 Å². The van der Waals surface area contributed by atoms with Crippen molar-refractivity contribution in [3.05, 3.63) is 41.9 Å². The Bertz CT molecular complexity index is 1640. The Hall–Kier alpha value is -4.84. The van der Waals surface area contributed by atoms with Crippen LogP contribution >= 0.6 is 0 Å². The number of morpholine rings is 1. The maximum atomic E-state index is 14.3. The number of aryl methyl sites for hydroxylation is 2. The van der Waals surface area contributed by atoms with E-state index in [2.05, 4.69) is 36.8 Å². The second kappa shape index (κ2) is 10.0. The molecule has 0 atom stereocenters. The van der Waals surface area contributed by atoms with Gasteiger partial charge in [-0.2, -0.15) is 24.1 Å². The zero-order valence-corrected chi connectivity index (χ0v) is 21.4. The van der Waals surface area contributed by atoms with Crippen molar-refractivity contribution in [2.75, 3.05) is 36.9 Å². The number of carbonyl (C=O) groups is 1. The third-order valence-corrected chi connectivity index (χ3v) is 6.72. The number of nitrogens with zero attached hydrogens (tertiary/aromatic N) is 8. The number of anilines is 3. The largest absolute Gasteiger partial charge is 0.454 e. The van der Waals surface area contributed by atoms with Gasteiger partial charge in [0.1, 0.15) is 34.4 Å². The molecule has 0 spiro atoms. The highest BCUT2D eigenvalue weighted by molar-refractivity contribution is 5.88. The molecule has 15 heteroatoms. The first-order chi connectivity index (χ1) is 19.3. The fraction of sp³-hybridized carbons (Fsp3) is 0.360. The van der Waals surface area contributed by atoms with Gasteiger partial charge in [-0.15, -0.1) is 0 Å².